The Balaban J connectivity index is 1.32. The summed E-state index contributed by atoms with van der Waals surface area (Å²) in [6, 6.07) is 14.6. The average molecular weight is 553 g/mol. The van der Waals surface area contributed by atoms with E-state index in [1.165, 1.54) is 77.0 Å². The van der Waals surface area contributed by atoms with Crippen molar-refractivity contribution in [2.24, 2.45) is 11.8 Å². The first-order valence-corrected chi connectivity index (χ1v) is 15.9. The Labute approximate surface area is 242 Å². The van der Waals surface area contributed by atoms with Crippen molar-refractivity contribution < 1.29 is 23.7 Å². The van der Waals surface area contributed by atoms with E-state index in [2.05, 4.69) is 20.8 Å². The van der Waals surface area contributed by atoms with E-state index in [1.807, 2.05) is 24.3 Å². The van der Waals surface area contributed by atoms with Crippen LogP contribution in [-0.2, 0) is 9.47 Å². The van der Waals surface area contributed by atoms with Gasteiger partial charge in [0.2, 0.25) is 0 Å². The first kappa shape index (κ1) is 32.1. The van der Waals surface area contributed by atoms with Gasteiger partial charge < -0.3 is 18.9 Å². The molecule has 2 aromatic carbocycles. The van der Waals surface area contributed by atoms with E-state index < -0.39 is 0 Å². The molecule has 222 valence electrons. The van der Waals surface area contributed by atoms with Crippen LogP contribution < -0.4 is 9.47 Å². The zero-order chi connectivity index (χ0) is 28.4. The molecule has 0 radical (unpaired) electrons. The SMILES string of the molecule is CCCCCCCCCC1COC(c2ccc(OC(=O)c3ccc(OCCCCC[C@@H](C)CC)cc3)cc2)OC1. The van der Waals surface area contributed by atoms with Crippen LogP contribution >= 0.6 is 0 Å². The Bertz CT molecular complexity index is 931. The zero-order valence-corrected chi connectivity index (χ0v) is 25.2. The topological polar surface area (TPSA) is 54.0 Å². The number of esters is 1. The number of rotatable bonds is 19. The second-order valence-corrected chi connectivity index (χ2v) is 11.5. The summed E-state index contributed by atoms with van der Waals surface area (Å²) in [7, 11) is 0. The van der Waals surface area contributed by atoms with Crippen molar-refractivity contribution in [3.05, 3.63) is 59.7 Å². The molecular weight excluding hydrogens is 500 g/mol. The molecule has 1 aliphatic heterocycles. The highest BCUT2D eigenvalue weighted by atomic mass is 16.7. The van der Waals surface area contributed by atoms with E-state index in [4.69, 9.17) is 18.9 Å². The van der Waals surface area contributed by atoms with E-state index in [1.54, 1.807) is 24.3 Å². The molecular formula is C35H52O5. The third kappa shape index (κ3) is 12.0. The molecule has 2 aromatic rings. The van der Waals surface area contributed by atoms with Crippen molar-refractivity contribution in [2.75, 3.05) is 19.8 Å². The zero-order valence-electron chi connectivity index (χ0n) is 25.2. The molecule has 0 N–H and O–H groups in total. The van der Waals surface area contributed by atoms with Crippen LogP contribution in [0.15, 0.2) is 48.5 Å². The summed E-state index contributed by atoms with van der Waals surface area (Å²) in [5, 5.41) is 0. The van der Waals surface area contributed by atoms with E-state index >= 15 is 0 Å². The van der Waals surface area contributed by atoms with E-state index in [-0.39, 0.29) is 12.3 Å². The van der Waals surface area contributed by atoms with Crippen molar-refractivity contribution in [2.45, 2.75) is 111 Å². The van der Waals surface area contributed by atoms with E-state index in [0.29, 0.717) is 23.8 Å². The summed E-state index contributed by atoms with van der Waals surface area (Å²) in [6.07, 6.45) is 16.1. The molecule has 5 heteroatoms. The van der Waals surface area contributed by atoms with Gasteiger partial charge in [-0.15, -0.1) is 0 Å². The predicted molar refractivity (Wildman–Crippen MR) is 162 cm³/mol. The number of carbonyl (C=O) groups is 1. The number of hydrogen-bond donors (Lipinski definition) is 0. The quantitative estimate of drug-likeness (QED) is 0.0986. The van der Waals surface area contributed by atoms with Crippen LogP contribution in [0.25, 0.3) is 0 Å². The fourth-order valence-corrected chi connectivity index (χ4v) is 5.00. The Hall–Kier alpha value is -2.37. The molecule has 1 atom stereocenters. The third-order valence-corrected chi connectivity index (χ3v) is 7.94. The Kier molecular flexibility index (Phi) is 15.2. The molecule has 0 aliphatic carbocycles. The third-order valence-electron chi connectivity index (χ3n) is 7.94. The minimum Gasteiger partial charge on any atom is -0.494 e. The van der Waals surface area contributed by atoms with Gasteiger partial charge in [0.05, 0.1) is 25.4 Å². The van der Waals surface area contributed by atoms with Gasteiger partial charge in [0, 0.05) is 11.5 Å². The van der Waals surface area contributed by atoms with Gasteiger partial charge in [-0.25, -0.2) is 4.79 Å². The molecule has 0 amide bonds. The standard InChI is InChI=1S/C35H52O5/c1-4-6-7-8-9-10-13-16-29-26-38-35(39-27-29)31-19-23-33(24-20-31)40-34(36)30-17-21-32(22-18-30)37-25-14-11-12-15-28(3)5-2/h17-24,28-29,35H,4-16,25-27H2,1-3H3/t28-,29?,35?/m0/s1. The summed E-state index contributed by atoms with van der Waals surface area (Å²) in [4.78, 5) is 12.6. The smallest absolute Gasteiger partial charge is 0.343 e. The Morgan fingerprint density at radius 1 is 0.800 bits per heavy atom. The second kappa shape index (κ2) is 18.9. The molecule has 0 saturated carbocycles. The molecule has 40 heavy (non-hydrogen) atoms. The maximum absolute atomic E-state index is 12.6. The molecule has 1 fully saturated rings. The van der Waals surface area contributed by atoms with Crippen molar-refractivity contribution in [1.29, 1.82) is 0 Å². The van der Waals surface area contributed by atoms with Crippen LogP contribution in [0.2, 0.25) is 0 Å². The molecule has 1 aliphatic rings. The number of ether oxygens (including phenoxy) is 4. The van der Waals surface area contributed by atoms with Gasteiger partial charge in [0.15, 0.2) is 6.29 Å². The fourth-order valence-electron chi connectivity index (χ4n) is 5.00. The molecule has 1 heterocycles. The first-order chi connectivity index (χ1) is 19.6. The second-order valence-electron chi connectivity index (χ2n) is 11.5. The van der Waals surface area contributed by atoms with E-state index in [9.17, 15) is 4.79 Å². The summed E-state index contributed by atoms with van der Waals surface area (Å²) in [6.45, 7) is 8.98. The van der Waals surface area contributed by atoms with E-state index in [0.717, 1.165) is 36.9 Å². The largest absolute Gasteiger partial charge is 0.494 e. The molecule has 0 bridgehead atoms. The van der Waals surface area contributed by atoms with Crippen molar-refractivity contribution in [3.8, 4) is 11.5 Å². The normalized spacial score (nSPS) is 17.9. The highest BCUT2D eigenvalue weighted by Crippen LogP contribution is 2.29. The van der Waals surface area contributed by atoms with Crippen LogP contribution in [0.4, 0.5) is 0 Å². The van der Waals surface area contributed by atoms with Crippen LogP contribution in [0.1, 0.15) is 126 Å². The molecule has 1 saturated heterocycles. The van der Waals surface area contributed by atoms with Crippen LogP contribution in [0.5, 0.6) is 11.5 Å². The number of hydrogen-bond acceptors (Lipinski definition) is 5. The molecule has 0 aromatic heterocycles. The van der Waals surface area contributed by atoms with Crippen LogP contribution in [0.3, 0.4) is 0 Å². The Morgan fingerprint density at radius 3 is 2.10 bits per heavy atom. The fraction of sp³-hybridized carbons (Fsp3) is 0.629. The minimum absolute atomic E-state index is 0.359. The van der Waals surface area contributed by atoms with Gasteiger partial charge in [0.25, 0.3) is 0 Å². The number of unbranched alkanes of at least 4 members (excludes halogenated alkanes) is 8. The summed E-state index contributed by atoms with van der Waals surface area (Å²) in [5.41, 5.74) is 1.44. The molecule has 5 nitrogen and oxygen atoms in total. The van der Waals surface area contributed by atoms with Gasteiger partial charge in [-0.2, -0.15) is 0 Å². The summed E-state index contributed by atoms with van der Waals surface area (Å²) >= 11 is 0. The van der Waals surface area contributed by atoms with Crippen molar-refractivity contribution in [1.82, 2.24) is 0 Å². The highest BCUT2D eigenvalue weighted by Gasteiger charge is 2.23. The van der Waals surface area contributed by atoms with Gasteiger partial charge >= 0.3 is 5.97 Å². The van der Waals surface area contributed by atoms with Gasteiger partial charge in [-0.3, -0.25) is 0 Å². The lowest BCUT2D eigenvalue weighted by Gasteiger charge is -2.29. The minimum atomic E-state index is -0.386. The number of carbonyl (C=O) groups excluding carboxylic acids is 1. The molecule has 0 unspecified atom stereocenters. The average Bonchev–Trinajstić information content (AvgIpc) is 2.99. The lowest BCUT2D eigenvalue weighted by atomic mass is 10.0. The Morgan fingerprint density at radius 2 is 1.43 bits per heavy atom. The number of benzene rings is 2. The van der Waals surface area contributed by atoms with Gasteiger partial charge in [-0.05, 0) is 55.2 Å². The lowest BCUT2D eigenvalue weighted by molar-refractivity contribution is -0.206. The lowest BCUT2D eigenvalue weighted by Crippen LogP contribution is -2.27. The summed E-state index contributed by atoms with van der Waals surface area (Å²) in [5.74, 6) is 2.17. The maximum Gasteiger partial charge on any atom is 0.343 e. The maximum atomic E-state index is 12.6. The monoisotopic (exact) mass is 552 g/mol. The molecule has 0 spiro atoms. The van der Waals surface area contributed by atoms with Crippen molar-refractivity contribution >= 4 is 5.97 Å². The van der Waals surface area contributed by atoms with Crippen LogP contribution in [-0.4, -0.2) is 25.8 Å². The first-order valence-electron chi connectivity index (χ1n) is 15.9. The highest BCUT2D eigenvalue weighted by molar-refractivity contribution is 5.91. The van der Waals surface area contributed by atoms with Crippen molar-refractivity contribution in [3.63, 3.8) is 0 Å². The predicted octanol–water partition coefficient (Wildman–Crippen LogP) is 9.69. The van der Waals surface area contributed by atoms with Gasteiger partial charge in [-0.1, -0.05) is 104 Å². The van der Waals surface area contributed by atoms with Gasteiger partial charge in [0.1, 0.15) is 11.5 Å². The van der Waals surface area contributed by atoms with Crippen LogP contribution in [0, 0.1) is 11.8 Å². The molecule has 3 rings (SSSR count). The summed E-state index contributed by atoms with van der Waals surface area (Å²) < 4.78 is 23.4.